The Morgan fingerprint density at radius 3 is 2.37 bits per heavy atom. The highest BCUT2D eigenvalue weighted by Crippen LogP contribution is 2.23. The van der Waals surface area contributed by atoms with Gasteiger partial charge in [0.25, 0.3) is 5.91 Å². The fourth-order valence-electron chi connectivity index (χ4n) is 3.77. The van der Waals surface area contributed by atoms with E-state index in [9.17, 15) is 13.2 Å². The molecule has 0 bridgehead atoms. The Labute approximate surface area is 205 Å². The van der Waals surface area contributed by atoms with E-state index in [4.69, 9.17) is 9.26 Å². The van der Waals surface area contributed by atoms with E-state index < -0.39 is 10.0 Å². The van der Waals surface area contributed by atoms with Crippen molar-refractivity contribution >= 4 is 21.6 Å². The van der Waals surface area contributed by atoms with E-state index in [-0.39, 0.29) is 23.3 Å². The number of hydrogen-bond acceptors (Lipinski definition) is 7. The van der Waals surface area contributed by atoms with Crippen LogP contribution in [-0.2, 0) is 21.2 Å². The molecule has 0 atom stereocenters. The first-order valence-electron chi connectivity index (χ1n) is 11.8. The van der Waals surface area contributed by atoms with E-state index in [1.165, 1.54) is 16.4 Å². The molecule has 0 saturated carbocycles. The standard InChI is InChI=1S/C25H30N4O5S/c1-18(2)25-27-23(28-34-25)16-19-6-8-20(9-7-19)26-24(30)17-33-21-10-12-22(13-11-21)35(31,32)29-14-4-3-5-15-29/h6-13,18H,3-5,14-17H2,1-2H3,(H,26,30). The summed E-state index contributed by atoms with van der Waals surface area (Å²) in [4.78, 5) is 16.9. The number of piperidine rings is 1. The molecule has 1 aliphatic heterocycles. The molecule has 0 unspecified atom stereocenters. The Morgan fingerprint density at radius 2 is 1.74 bits per heavy atom. The van der Waals surface area contributed by atoms with Gasteiger partial charge in [-0.3, -0.25) is 4.79 Å². The molecule has 186 valence electrons. The zero-order chi connectivity index (χ0) is 24.8. The molecule has 1 saturated heterocycles. The van der Waals surface area contributed by atoms with Crippen LogP contribution in [0.15, 0.2) is 57.9 Å². The molecule has 0 aliphatic carbocycles. The summed E-state index contributed by atoms with van der Waals surface area (Å²) in [5.74, 6) is 1.52. The summed E-state index contributed by atoms with van der Waals surface area (Å²) in [6.45, 7) is 4.90. The number of nitrogens with one attached hydrogen (secondary N) is 1. The lowest BCUT2D eigenvalue weighted by Gasteiger charge is -2.25. The number of carbonyl (C=O) groups excluding carboxylic acids is 1. The average Bonchev–Trinajstić information content (AvgIpc) is 3.34. The maximum atomic E-state index is 12.7. The number of hydrogen-bond donors (Lipinski definition) is 1. The fourth-order valence-corrected chi connectivity index (χ4v) is 5.29. The topological polar surface area (TPSA) is 115 Å². The number of nitrogens with zero attached hydrogens (tertiary/aromatic N) is 3. The van der Waals surface area contributed by atoms with Crippen molar-refractivity contribution in [3.63, 3.8) is 0 Å². The van der Waals surface area contributed by atoms with Crippen LogP contribution in [0.5, 0.6) is 5.75 Å². The fraction of sp³-hybridized carbons (Fsp3) is 0.400. The molecule has 1 fully saturated rings. The van der Waals surface area contributed by atoms with Crippen LogP contribution in [0, 0.1) is 0 Å². The monoisotopic (exact) mass is 498 g/mol. The van der Waals surface area contributed by atoms with Crippen molar-refractivity contribution in [2.75, 3.05) is 25.0 Å². The van der Waals surface area contributed by atoms with Crippen LogP contribution in [0.25, 0.3) is 0 Å². The van der Waals surface area contributed by atoms with Gasteiger partial charge in [-0.05, 0) is 54.8 Å². The molecule has 9 nitrogen and oxygen atoms in total. The summed E-state index contributed by atoms with van der Waals surface area (Å²) in [6.07, 6.45) is 3.37. The number of anilines is 1. The van der Waals surface area contributed by atoms with Crippen LogP contribution in [0.4, 0.5) is 5.69 Å². The van der Waals surface area contributed by atoms with Crippen molar-refractivity contribution in [3.8, 4) is 5.75 Å². The first-order valence-corrected chi connectivity index (χ1v) is 13.2. The molecule has 1 N–H and O–H groups in total. The lowest BCUT2D eigenvalue weighted by molar-refractivity contribution is -0.118. The minimum absolute atomic E-state index is 0.182. The summed E-state index contributed by atoms with van der Waals surface area (Å²) >= 11 is 0. The van der Waals surface area contributed by atoms with Crippen LogP contribution in [0.3, 0.4) is 0 Å². The number of amides is 1. The van der Waals surface area contributed by atoms with Gasteiger partial charge in [-0.25, -0.2) is 8.42 Å². The van der Waals surface area contributed by atoms with E-state index in [0.717, 1.165) is 24.8 Å². The van der Waals surface area contributed by atoms with Crippen LogP contribution >= 0.6 is 0 Å². The lowest BCUT2D eigenvalue weighted by atomic mass is 10.1. The van der Waals surface area contributed by atoms with Gasteiger partial charge in [-0.2, -0.15) is 9.29 Å². The Hall–Kier alpha value is -3.24. The van der Waals surface area contributed by atoms with Gasteiger partial charge in [0.2, 0.25) is 15.9 Å². The van der Waals surface area contributed by atoms with Gasteiger partial charge in [0.1, 0.15) is 5.75 Å². The Kier molecular flexibility index (Phi) is 7.82. The molecule has 2 aromatic carbocycles. The van der Waals surface area contributed by atoms with Gasteiger partial charge in [0.15, 0.2) is 12.4 Å². The second-order valence-electron chi connectivity index (χ2n) is 8.85. The SMILES string of the molecule is CC(C)c1nc(Cc2ccc(NC(=O)COc3ccc(S(=O)(=O)N4CCCCC4)cc3)cc2)no1. The Balaban J connectivity index is 1.26. The van der Waals surface area contributed by atoms with Crippen LogP contribution in [0.1, 0.15) is 56.3 Å². The smallest absolute Gasteiger partial charge is 0.262 e. The molecule has 1 aromatic heterocycles. The molecular weight excluding hydrogens is 468 g/mol. The van der Waals surface area contributed by atoms with Crippen molar-refractivity contribution in [3.05, 3.63) is 65.8 Å². The minimum atomic E-state index is -3.49. The molecule has 0 spiro atoms. The summed E-state index contributed by atoms with van der Waals surface area (Å²) in [5.41, 5.74) is 1.64. The molecule has 35 heavy (non-hydrogen) atoms. The molecule has 1 aliphatic rings. The predicted octanol–water partition coefficient (Wildman–Crippen LogP) is 3.98. The highest BCUT2D eigenvalue weighted by atomic mass is 32.2. The molecule has 1 amide bonds. The second kappa shape index (κ2) is 11.0. The number of carbonyl (C=O) groups is 1. The summed E-state index contributed by atoms with van der Waals surface area (Å²) in [7, 11) is -3.49. The van der Waals surface area contributed by atoms with Gasteiger partial charge in [0, 0.05) is 31.1 Å². The summed E-state index contributed by atoms with van der Waals surface area (Å²) in [6, 6.07) is 13.6. The van der Waals surface area contributed by atoms with Crippen molar-refractivity contribution < 1.29 is 22.5 Å². The van der Waals surface area contributed by atoms with Crippen LogP contribution in [0.2, 0.25) is 0 Å². The summed E-state index contributed by atoms with van der Waals surface area (Å²) in [5, 5.41) is 6.78. The molecule has 4 rings (SSSR count). The van der Waals surface area contributed by atoms with Crippen LogP contribution in [-0.4, -0.2) is 48.5 Å². The van der Waals surface area contributed by atoms with Crippen LogP contribution < -0.4 is 10.1 Å². The maximum Gasteiger partial charge on any atom is 0.262 e. The first-order chi connectivity index (χ1) is 16.8. The van der Waals surface area contributed by atoms with E-state index in [1.807, 2.05) is 26.0 Å². The average molecular weight is 499 g/mol. The summed E-state index contributed by atoms with van der Waals surface area (Å²) < 4.78 is 37.7. The van der Waals surface area contributed by atoms with E-state index in [1.54, 1.807) is 24.3 Å². The van der Waals surface area contributed by atoms with Crippen molar-refractivity contribution in [2.45, 2.75) is 50.3 Å². The van der Waals surface area contributed by atoms with E-state index >= 15 is 0 Å². The highest BCUT2D eigenvalue weighted by Gasteiger charge is 2.25. The van der Waals surface area contributed by atoms with Gasteiger partial charge >= 0.3 is 0 Å². The lowest BCUT2D eigenvalue weighted by Crippen LogP contribution is -2.35. The van der Waals surface area contributed by atoms with E-state index in [0.29, 0.717) is 42.7 Å². The third kappa shape index (κ3) is 6.46. The second-order valence-corrected chi connectivity index (χ2v) is 10.8. The number of ether oxygens (including phenoxy) is 1. The molecule has 3 aromatic rings. The number of aromatic nitrogens is 2. The van der Waals surface area contributed by atoms with Gasteiger partial charge < -0.3 is 14.6 Å². The first kappa shape index (κ1) is 24.9. The molecule has 2 heterocycles. The number of rotatable bonds is 9. The third-order valence-electron chi connectivity index (χ3n) is 5.72. The quantitative estimate of drug-likeness (QED) is 0.475. The Morgan fingerprint density at radius 1 is 1.06 bits per heavy atom. The molecule has 10 heteroatoms. The van der Waals surface area contributed by atoms with E-state index in [2.05, 4.69) is 15.5 Å². The third-order valence-corrected chi connectivity index (χ3v) is 7.64. The van der Waals surface area contributed by atoms with Crippen molar-refractivity contribution in [2.24, 2.45) is 0 Å². The van der Waals surface area contributed by atoms with Gasteiger partial charge in [-0.15, -0.1) is 0 Å². The van der Waals surface area contributed by atoms with Crippen molar-refractivity contribution in [1.29, 1.82) is 0 Å². The zero-order valence-corrected chi connectivity index (χ0v) is 20.8. The zero-order valence-electron chi connectivity index (χ0n) is 19.9. The maximum absolute atomic E-state index is 12.7. The molecular formula is C25H30N4O5S. The molecule has 0 radical (unpaired) electrons. The van der Waals surface area contributed by atoms with Crippen molar-refractivity contribution in [1.82, 2.24) is 14.4 Å². The van der Waals surface area contributed by atoms with Gasteiger partial charge in [-0.1, -0.05) is 37.6 Å². The normalized spacial score (nSPS) is 14.7. The van der Waals surface area contributed by atoms with Gasteiger partial charge in [0.05, 0.1) is 4.90 Å². The number of benzene rings is 2. The number of sulfonamides is 1. The highest BCUT2D eigenvalue weighted by molar-refractivity contribution is 7.89. The largest absolute Gasteiger partial charge is 0.484 e. The minimum Gasteiger partial charge on any atom is -0.484 e. The Bertz CT molecular complexity index is 1230. The predicted molar refractivity (Wildman–Crippen MR) is 131 cm³/mol.